The molecule has 1 heterocycles. The third-order valence-electron chi connectivity index (χ3n) is 1.79. The second kappa shape index (κ2) is 3.93. The van der Waals surface area contributed by atoms with E-state index in [1.165, 1.54) is 11.3 Å². The zero-order valence-corrected chi connectivity index (χ0v) is 7.46. The molecule has 0 aliphatic rings. The van der Waals surface area contributed by atoms with Crippen molar-refractivity contribution in [2.45, 2.75) is 13.5 Å². The van der Waals surface area contributed by atoms with Crippen LogP contribution in [0.25, 0.3) is 0 Å². The molecule has 1 N–H and O–H groups in total. The van der Waals surface area contributed by atoms with Gasteiger partial charge in [-0.15, -0.1) is 6.42 Å². The molecular weight excluding hydrogens is 150 g/mol. The molecule has 0 saturated carbocycles. The molecule has 1 aromatic heterocycles. The number of nitrogens with one attached hydrogen (secondary N) is 1. The van der Waals surface area contributed by atoms with Gasteiger partial charge < -0.3 is 5.32 Å². The lowest BCUT2D eigenvalue weighted by molar-refractivity contribution is 0.656. The molecule has 0 aliphatic heterocycles. The number of hydrogen-bond donors (Lipinski definition) is 1. The molecule has 0 aromatic carbocycles. The van der Waals surface area contributed by atoms with E-state index in [4.69, 9.17) is 6.42 Å². The summed E-state index contributed by atoms with van der Waals surface area (Å²) in [4.78, 5) is 0. The van der Waals surface area contributed by atoms with E-state index in [2.05, 4.69) is 16.3 Å². The fourth-order valence-electron chi connectivity index (χ4n) is 1.08. The Morgan fingerprint density at radius 3 is 3.00 bits per heavy atom. The summed E-state index contributed by atoms with van der Waals surface area (Å²) >= 11 is 0. The van der Waals surface area contributed by atoms with Gasteiger partial charge in [0.05, 0.1) is 18.4 Å². The van der Waals surface area contributed by atoms with Gasteiger partial charge in [-0.2, -0.15) is 5.10 Å². The van der Waals surface area contributed by atoms with Gasteiger partial charge in [0.1, 0.15) is 0 Å². The van der Waals surface area contributed by atoms with Crippen molar-refractivity contribution in [2.24, 2.45) is 7.05 Å². The average molecular weight is 163 g/mol. The summed E-state index contributed by atoms with van der Waals surface area (Å²) in [5.74, 6) is 2.53. The highest BCUT2D eigenvalue weighted by Crippen LogP contribution is 2.03. The van der Waals surface area contributed by atoms with Crippen LogP contribution in [0, 0.1) is 19.3 Å². The molecule has 0 fully saturated rings. The Labute approximate surface area is 72.8 Å². The van der Waals surface area contributed by atoms with Crippen LogP contribution in [0.4, 0.5) is 0 Å². The standard InChI is InChI=1S/C9H13N3/c1-4-5-10-7-9-8(2)6-11-12(9)3/h1,6,10H,5,7H2,2-3H3. The Morgan fingerprint density at radius 1 is 1.75 bits per heavy atom. The summed E-state index contributed by atoms with van der Waals surface area (Å²) < 4.78 is 1.86. The molecule has 0 aliphatic carbocycles. The van der Waals surface area contributed by atoms with Gasteiger partial charge in [0.25, 0.3) is 0 Å². The highest BCUT2D eigenvalue weighted by Gasteiger charge is 2.01. The van der Waals surface area contributed by atoms with Gasteiger partial charge in [-0.3, -0.25) is 4.68 Å². The first-order chi connectivity index (χ1) is 5.75. The van der Waals surface area contributed by atoms with E-state index >= 15 is 0 Å². The number of nitrogens with zero attached hydrogens (tertiary/aromatic N) is 2. The van der Waals surface area contributed by atoms with Crippen LogP contribution in [0.1, 0.15) is 11.3 Å². The van der Waals surface area contributed by atoms with E-state index in [1.807, 2.05) is 24.9 Å². The second-order valence-electron chi connectivity index (χ2n) is 2.71. The summed E-state index contributed by atoms with van der Waals surface area (Å²) in [7, 11) is 1.93. The number of rotatable bonds is 3. The first kappa shape index (κ1) is 8.82. The minimum Gasteiger partial charge on any atom is -0.301 e. The monoisotopic (exact) mass is 163 g/mol. The largest absolute Gasteiger partial charge is 0.301 e. The summed E-state index contributed by atoms with van der Waals surface area (Å²) in [5, 5.41) is 7.24. The topological polar surface area (TPSA) is 29.9 Å². The van der Waals surface area contributed by atoms with Gasteiger partial charge in [0.2, 0.25) is 0 Å². The van der Waals surface area contributed by atoms with Crippen molar-refractivity contribution in [3.63, 3.8) is 0 Å². The smallest absolute Gasteiger partial charge is 0.0576 e. The Morgan fingerprint density at radius 2 is 2.50 bits per heavy atom. The fraction of sp³-hybridized carbons (Fsp3) is 0.444. The molecule has 0 bridgehead atoms. The van der Waals surface area contributed by atoms with Crippen LogP contribution >= 0.6 is 0 Å². The summed E-state index contributed by atoms with van der Waals surface area (Å²) in [6.07, 6.45) is 6.96. The molecular formula is C9H13N3. The molecule has 1 aromatic rings. The first-order valence-corrected chi connectivity index (χ1v) is 3.87. The lowest BCUT2D eigenvalue weighted by atomic mass is 10.3. The fourth-order valence-corrected chi connectivity index (χ4v) is 1.08. The SMILES string of the molecule is C#CCNCc1c(C)cnn1C. The van der Waals surface area contributed by atoms with E-state index in [-0.39, 0.29) is 0 Å². The van der Waals surface area contributed by atoms with Gasteiger partial charge in [-0.05, 0) is 12.5 Å². The van der Waals surface area contributed by atoms with Gasteiger partial charge >= 0.3 is 0 Å². The Hall–Kier alpha value is -1.27. The molecule has 0 spiro atoms. The van der Waals surface area contributed by atoms with Crippen molar-refractivity contribution in [1.82, 2.24) is 15.1 Å². The van der Waals surface area contributed by atoms with Gasteiger partial charge in [0, 0.05) is 13.6 Å². The molecule has 64 valence electrons. The van der Waals surface area contributed by atoms with Crippen LogP contribution < -0.4 is 5.32 Å². The normalized spacial score (nSPS) is 9.75. The zero-order chi connectivity index (χ0) is 8.97. The van der Waals surface area contributed by atoms with Gasteiger partial charge in [0.15, 0.2) is 0 Å². The van der Waals surface area contributed by atoms with Crippen molar-refractivity contribution in [3.8, 4) is 12.3 Å². The Kier molecular flexibility index (Phi) is 2.89. The quantitative estimate of drug-likeness (QED) is 0.518. The zero-order valence-electron chi connectivity index (χ0n) is 7.46. The van der Waals surface area contributed by atoms with Crippen LogP contribution in [0.5, 0.6) is 0 Å². The Balaban J connectivity index is 2.57. The van der Waals surface area contributed by atoms with Crippen molar-refractivity contribution in [1.29, 1.82) is 0 Å². The number of aromatic nitrogens is 2. The van der Waals surface area contributed by atoms with Crippen LogP contribution in [0.15, 0.2) is 6.20 Å². The van der Waals surface area contributed by atoms with E-state index in [0.717, 1.165) is 6.54 Å². The maximum absolute atomic E-state index is 5.11. The van der Waals surface area contributed by atoms with E-state index in [1.54, 1.807) is 0 Å². The molecule has 3 nitrogen and oxygen atoms in total. The molecule has 12 heavy (non-hydrogen) atoms. The average Bonchev–Trinajstić information content (AvgIpc) is 2.35. The number of terminal acetylenes is 1. The van der Waals surface area contributed by atoms with Crippen molar-refractivity contribution in [2.75, 3.05) is 6.54 Å². The number of aryl methyl sites for hydroxylation is 2. The maximum atomic E-state index is 5.11. The minimum absolute atomic E-state index is 0.602. The molecule has 0 radical (unpaired) electrons. The highest BCUT2D eigenvalue weighted by molar-refractivity contribution is 5.15. The molecule has 3 heteroatoms. The summed E-state index contributed by atoms with van der Waals surface area (Å²) in [6.45, 7) is 3.43. The summed E-state index contributed by atoms with van der Waals surface area (Å²) in [6, 6.07) is 0. The van der Waals surface area contributed by atoms with Crippen molar-refractivity contribution >= 4 is 0 Å². The highest BCUT2D eigenvalue weighted by atomic mass is 15.3. The van der Waals surface area contributed by atoms with Crippen LogP contribution in [-0.4, -0.2) is 16.3 Å². The van der Waals surface area contributed by atoms with E-state index in [0.29, 0.717) is 6.54 Å². The molecule has 0 atom stereocenters. The molecule has 0 saturated heterocycles. The van der Waals surface area contributed by atoms with E-state index < -0.39 is 0 Å². The van der Waals surface area contributed by atoms with Crippen molar-refractivity contribution in [3.05, 3.63) is 17.5 Å². The lowest BCUT2D eigenvalue weighted by Gasteiger charge is -2.02. The second-order valence-corrected chi connectivity index (χ2v) is 2.71. The molecule has 1 rings (SSSR count). The van der Waals surface area contributed by atoms with Crippen LogP contribution in [0.3, 0.4) is 0 Å². The maximum Gasteiger partial charge on any atom is 0.0576 e. The minimum atomic E-state index is 0.602. The van der Waals surface area contributed by atoms with Crippen molar-refractivity contribution < 1.29 is 0 Å². The van der Waals surface area contributed by atoms with Gasteiger partial charge in [-0.25, -0.2) is 0 Å². The lowest BCUT2D eigenvalue weighted by Crippen LogP contribution is -2.16. The predicted octanol–water partition coefficient (Wildman–Crippen LogP) is 0.451. The third-order valence-corrected chi connectivity index (χ3v) is 1.79. The number of hydrogen-bond acceptors (Lipinski definition) is 2. The van der Waals surface area contributed by atoms with Gasteiger partial charge in [-0.1, -0.05) is 5.92 Å². The third kappa shape index (κ3) is 1.86. The van der Waals surface area contributed by atoms with E-state index in [9.17, 15) is 0 Å². The van der Waals surface area contributed by atoms with Crippen LogP contribution in [-0.2, 0) is 13.6 Å². The summed E-state index contributed by atoms with van der Waals surface area (Å²) in [5.41, 5.74) is 2.38. The molecule has 0 unspecified atom stereocenters. The molecule has 0 amide bonds. The van der Waals surface area contributed by atoms with Crippen LogP contribution in [0.2, 0.25) is 0 Å². The predicted molar refractivity (Wildman–Crippen MR) is 48.5 cm³/mol. The first-order valence-electron chi connectivity index (χ1n) is 3.87. The Bertz CT molecular complexity index is 274.